The molecule has 5 heteroatoms. The molecule has 1 aliphatic carbocycles. The molecule has 0 radical (unpaired) electrons. The largest absolute Gasteiger partial charge is 0.493 e. The number of carboxylic acids is 1. The topological polar surface area (TPSA) is 83.8 Å². The van der Waals surface area contributed by atoms with Gasteiger partial charge in [-0.25, -0.2) is 0 Å². The third kappa shape index (κ3) is 7.39. The van der Waals surface area contributed by atoms with Gasteiger partial charge >= 0.3 is 5.97 Å². The summed E-state index contributed by atoms with van der Waals surface area (Å²) in [4.78, 5) is 22.6. The first-order valence-electron chi connectivity index (χ1n) is 9.50. The lowest BCUT2D eigenvalue weighted by Crippen LogP contribution is -2.18. The lowest BCUT2D eigenvalue weighted by molar-refractivity contribution is -0.137. The number of aliphatic hydroxyl groups is 1. The van der Waals surface area contributed by atoms with Crippen LogP contribution >= 0.6 is 0 Å². The van der Waals surface area contributed by atoms with Gasteiger partial charge in [-0.1, -0.05) is 42.5 Å². The van der Waals surface area contributed by atoms with Crippen molar-refractivity contribution in [2.75, 3.05) is 6.61 Å². The predicted octanol–water partition coefficient (Wildman–Crippen LogP) is 3.78. The third-order valence-corrected chi connectivity index (χ3v) is 4.71. The number of carbonyl (C=O) groups is 2. The molecule has 2 rings (SSSR count). The van der Waals surface area contributed by atoms with Crippen molar-refractivity contribution in [1.82, 2.24) is 0 Å². The molecule has 1 unspecified atom stereocenters. The van der Waals surface area contributed by atoms with Crippen molar-refractivity contribution in [2.24, 2.45) is 11.8 Å². The van der Waals surface area contributed by atoms with Gasteiger partial charge < -0.3 is 14.9 Å². The Kier molecular flexibility index (Phi) is 8.78. The molecule has 5 nitrogen and oxygen atoms in total. The van der Waals surface area contributed by atoms with Gasteiger partial charge in [0.2, 0.25) is 0 Å². The number of para-hydroxylation sites is 1. The first kappa shape index (κ1) is 20.9. The lowest BCUT2D eigenvalue weighted by Gasteiger charge is -2.15. The number of carboxylic acid groups (broad SMARTS) is 1. The number of ketones is 1. The van der Waals surface area contributed by atoms with Crippen molar-refractivity contribution in [2.45, 2.75) is 44.6 Å². The standard InChI is InChI=1S/C22H28O5/c23-20-16-21(24)19(18(20)12-6-1-2-7-14-22(25)26)13-8-9-15-27-17-10-4-3-5-11-17/h1,3-6,8,10-11,13,18-19,21,24H,2,7,9,12,14-16H2,(H,25,26)/b6-1+,13-8+/t18-,19?,21-/m1/s1. The molecule has 1 saturated carbocycles. The summed E-state index contributed by atoms with van der Waals surface area (Å²) in [6, 6.07) is 9.59. The fourth-order valence-electron chi connectivity index (χ4n) is 3.27. The Bertz CT molecular complexity index is 650. The molecule has 0 saturated heterocycles. The first-order chi connectivity index (χ1) is 13.1. The molecule has 1 aromatic carbocycles. The van der Waals surface area contributed by atoms with E-state index in [-0.39, 0.29) is 30.5 Å². The molecule has 146 valence electrons. The molecule has 0 amide bonds. The first-order valence-corrected chi connectivity index (χ1v) is 9.50. The maximum Gasteiger partial charge on any atom is 0.303 e. The Hall–Kier alpha value is -2.40. The Balaban J connectivity index is 1.75. The van der Waals surface area contributed by atoms with Crippen LogP contribution in [0.2, 0.25) is 0 Å². The van der Waals surface area contributed by atoms with E-state index in [1.807, 2.05) is 54.6 Å². The van der Waals surface area contributed by atoms with Crippen molar-refractivity contribution in [1.29, 1.82) is 0 Å². The van der Waals surface area contributed by atoms with E-state index >= 15 is 0 Å². The van der Waals surface area contributed by atoms with Crippen molar-refractivity contribution in [3.05, 3.63) is 54.6 Å². The number of hydrogen-bond acceptors (Lipinski definition) is 4. The number of ether oxygens (including phenoxy) is 1. The van der Waals surface area contributed by atoms with Crippen LogP contribution in [0.5, 0.6) is 5.75 Å². The average Bonchev–Trinajstić information content (AvgIpc) is 2.91. The maximum absolute atomic E-state index is 12.1. The molecule has 1 aromatic rings. The SMILES string of the molecule is O=C(O)CCC/C=C/C[C@H]1C(=O)C[C@@H](O)C1/C=C/CCOc1ccccc1. The molecule has 0 bridgehead atoms. The highest BCUT2D eigenvalue weighted by molar-refractivity contribution is 5.84. The molecule has 0 heterocycles. The van der Waals surface area contributed by atoms with Crippen LogP contribution in [0, 0.1) is 11.8 Å². The minimum atomic E-state index is -0.793. The highest BCUT2D eigenvalue weighted by atomic mass is 16.5. The van der Waals surface area contributed by atoms with E-state index in [0.717, 1.165) is 5.75 Å². The van der Waals surface area contributed by atoms with E-state index in [4.69, 9.17) is 9.84 Å². The predicted molar refractivity (Wildman–Crippen MR) is 104 cm³/mol. The fraction of sp³-hybridized carbons (Fsp3) is 0.455. The molecule has 2 N–H and O–H groups in total. The van der Waals surface area contributed by atoms with Gasteiger partial charge in [0.25, 0.3) is 0 Å². The van der Waals surface area contributed by atoms with Crippen LogP contribution in [0.1, 0.15) is 38.5 Å². The van der Waals surface area contributed by atoms with Crippen LogP contribution in [0.4, 0.5) is 0 Å². The second-order valence-electron chi connectivity index (χ2n) is 6.79. The molecule has 1 aliphatic rings. The van der Waals surface area contributed by atoms with Gasteiger partial charge in [-0.2, -0.15) is 0 Å². The smallest absolute Gasteiger partial charge is 0.303 e. The van der Waals surface area contributed by atoms with E-state index in [9.17, 15) is 14.7 Å². The monoisotopic (exact) mass is 372 g/mol. The van der Waals surface area contributed by atoms with Crippen LogP contribution < -0.4 is 4.74 Å². The third-order valence-electron chi connectivity index (χ3n) is 4.71. The number of rotatable bonds is 11. The summed E-state index contributed by atoms with van der Waals surface area (Å²) < 4.78 is 5.63. The minimum Gasteiger partial charge on any atom is -0.493 e. The van der Waals surface area contributed by atoms with E-state index < -0.39 is 12.1 Å². The van der Waals surface area contributed by atoms with Gasteiger partial charge in [-0.3, -0.25) is 9.59 Å². The van der Waals surface area contributed by atoms with E-state index in [1.54, 1.807) is 0 Å². The molecule has 0 aliphatic heterocycles. The molecular weight excluding hydrogens is 344 g/mol. The number of allylic oxidation sites excluding steroid dienone is 2. The Morgan fingerprint density at radius 1 is 1.15 bits per heavy atom. The fourth-order valence-corrected chi connectivity index (χ4v) is 3.27. The zero-order valence-electron chi connectivity index (χ0n) is 15.5. The average molecular weight is 372 g/mol. The van der Waals surface area contributed by atoms with E-state index in [2.05, 4.69) is 0 Å². The van der Waals surface area contributed by atoms with Crippen LogP contribution in [-0.4, -0.2) is 34.7 Å². The lowest BCUT2D eigenvalue weighted by atomic mass is 9.90. The Labute approximate surface area is 160 Å². The highest BCUT2D eigenvalue weighted by Gasteiger charge is 2.38. The quantitative estimate of drug-likeness (QED) is 0.456. The van der Waals surface area contributed by atoms with Gasteiger partial charge in [-0.15, -0.1) is 0 Å². The zero-order chi connectivity index (χ0) is 19.5. The number of Topliss-reactive ketones (excluding diaryl/α,β-unsaturated/α-hetero) is 1. The molecule has 1 fully saturated rings. The van der Waals surface area contributed by atoms with Gasteiger partial charge in [0, 0.05) is 24.7 Å². The molecular formula is C22H28O5. The second kappa shape index (κ2) is 11.3. The number of benzene rings is 1. The maximum atomic E-state index is 12.1. The van der Waals surface area contributed by atoms with Crippen LogP contribution in [0.25, 0.3) is 0 Å². The van der Waals surface area contributed by atoms with Gasteiger partial charge in [-0.05, 0) is 37.8 Å². The van der Waals surface area contributed by atoms with Crippen molar-refractivity contribution in [3.63, 3.8) is 0 Å². The van der Waals surface area contributed by atoms with Crippen LogP contribution in [-0.2, 0) is 9.59 Å². The summed E-state index contributed by atoms with van der Waals surface area (Å²) in [6.07, 6.45) is 10.1. The van der Waals surface area contributed by atoms with E-state index in [0.29, 0.717) is 32.3 Å². The normalized spacial score (nSPS) is 22.7. The summed E-state index contributed by atoms with van der Waals surface area (Å²) in [6.45, 7) is 0.547. The van der Waals surface area contributed by atoms with Crippen molar-refractivity contribution >= 4 is 11.8 Å². The summed E-state index contributed by atoms with van der Waals surface area (Å²) in [5.41, 5.74) is 0. The van der Waals surface area contributed by atoms with Gasteiger partial charge in [0.15, 0.2) is 0 Å². The van der Waals surface area contributed by atoms with Crippen LogP contribution in [0.3, 0.4) is 0 Å². The number of aliphatic carboxylic acids is 1. The number of unbranched alkanes of at least 4 members (excludes halogenated alkanes) is 1. The molecule has 0 spiro atoms. The van der Waals surface area contributed by atoms with Gasteiger partial charge in [0.05, 0.1) is 12.7 Å². The van der Waals surface area contributed by atoms with Crippen LogP contribution in [0.15, 0.2) is 54.6 Å². The number of carbonyl (C=O) groups excluding carboxylic acids is 1. The van der Waals surface area contributed by atoms with Crippen molar-refractivity contribution < 1.29 is 24.5 Å². The van der Waals surface area contributed by atoms with Crippen molar-refractivity contribution in [3.8, 4) is 5.75 Å². The van der Waals surface area contributed by atoms with Gasteiger partial charge in [0.1, 0.15) is 11.5 Å². The number of aliphatic hydroxyl groups excluding tert-OH is 1. The highest BCUT2D eigenvalue weighted by Crippen LogP contribution is 2.33. The second-order valence-corrected chi connectivity index (χ2v) is 6.79. The Morgan fingerprint density at radius 2 is 1.93 bits per heavy atom. The number of hydrogen-bond donors (Lipinski definition) is 2. The molecule has 3 atom stereocenters. The summed E-state index contributed by atoms with van der Waals surface area (Å²) in [5, 5.41) is 18.8. The van der Waals surface area contributed by atoms with E-state index in [1.165, 1.54) is 0 Å². The summed E-state index contributed by atoms with van der Waals surface area (Å²) in [5.74, 6) is -0.250. The summed E-state index contributed by atoms with van der Waals surface area (Å²) >= 11 is 0. The molecule has 27 heavy (non-hydrogen) atoms. The Morgan fingerprint density at radius 3 is 2.67 bits per heavy atom. The zero-order valence-corrected chi connectivity index (χ0v) is 15.5. The summed E-state index contributed by atoms with van der Waals surface area (Å²) in [7, 11) is 0. The minimum absolute atomic E-state index is 0.0906. The molecule has 0 aromatic heterocycles.